The van der Waals surface area contributed by atoms with E-state index in [1.807, 2.05) is 27.7 Å². The Bertz CT molecular complexity index is 1320. The van der Waals surface area contributed by atoms with Crippen molar-refractivity contribution in [1.29, 1.82) is 0 Å². The lowest BCUT2D eigenvalue weighted by atomic mass is 9.84. The second-order valence-electron chi connectivity index (χ2n) is 10.5. The average Bonchev–Trinajstić information content (AvgIpc) is 2.90. The molecule has 1 aliphatic rings. The molecule has 0 saturated carbocycles. The first kappa shape index (κ1) is 31.7. The average molecular weight is 589 g/mol. The van der Waals surface area contributed by atoms with Gasteiger partial charge < -0.3 is 14.8 Å². The first-order valence-corrected chi connectivity index (χ1v) is 14.2. The quantitative estimate of drug-likeness (QED) is 0.203. The molecule has 2 aromatic carbocycles. The van der Waals surface area contributed by atoms with Gasteiger partial charge in [0.2, 0.25) is 17.2 Å². The van der Waals surface area contributed by atoms with E-state index in [0.29, 0.717) is 34.7 Å². The smallest absolute Gasteiger partial charge is 0.328 e. The summed E-state index contributed by atoms with van der Waals surface area (Å²) in [6.45, 7) is 7.58. The lowest BCUT2D eigenvalue weighted by Gasteiger charge is -2.30. The molecule has 1 aliphatic heterocycles. The minimum Gasteiger partial charge on any atom is -0.496 e. The van der Waals surface area contributed by atoms with Gasteiger partial charge in [-0.25, -0.2) is 9.00 Å². The maximum atomic E-state index is 13.5. The first-order chi connectivity index (χ1) is 19.3. The van der Waals surface area contributed by atoms with Crippen LogP contribution in [0.3, 0.4) is 0 Å². The maximum Gasteiger partial charge on any atom is 0.328 e. The Labute approximate surface area is 241 Å². The number of carbonyl (C=O) groups is 4. The van der Waals surface area contributed by atoms with Crippen molar-refractivity contribution in [3.63, 3.8) is 0 Å². The van der Waals surface area contributed by atoms with E-state index < -0.39 is 34.6 Å². The summed E-state index contributed by atoms with van der Waals surface area (Å²) in [5, 5.41) is 5.13. The highest BCUT2D eigenvalue weighted by molar-refractivity contribution is 7.76. The van der Waals surface area contributed by atoms with E-state index in [-0.39, 0.29) is 44.1 Å². The van der Waals surface area contributed by atoms with Crippen molar-refractivity contribution in [1.82, 2.24) is 9.62 Å². The summed E-state index contributed by atoms with van der Waals surface area (Å²) in [4.78, 5) is 50.8. The zero-order valence-electron chi connectivity index (χ0n) is 23.8. The molecule has 4 amide bonds. The van der Waals surface area contributed by atoms with E-state index in [1.165, 1.54) is 12.0 Å². The number of amides is 4. The molecule has 1 fully saturated rings. The molecular formula is C28H36N4O8S. The number of hydrogen-bond donors (Lipinski definition) is 3. The number of esters is 1. The van der Waals surface area contributed by atoms with Crippen LogP contribution in [0.25, 0.3) is 0 Å². The van der Waals surface area contributed by atoms with Crippen LogP contribution in [-0.2, 0) is 37.6 Å². The number of benzene rings is 2. The van der Waals surface area contributed by atoms with Crippen LogP contribution in [0.4, 0.5) is 16.2 Å². The largest absolute Gasteiger partial charge is 0.496 e. The molecule has 1 atom stereocenters. The topological polar surface area (TPSA) is 155 Å². The second kappa shape index (κ2) is 13.7. The van der Waals surface area contributed by atoms with Gasteiger partial charge in [0, 0.05) is 42.9 Å². The van der Waals surface area contributed by atoms with Gasteiger partial charge in [0.1, 0.15) is 5.75 Å². The van der Waals surface area contributed by atoms with Crippen LogP contribution < -0.4 is 20.3 Å². The molecule has 1 heterocycles. The lowest BCUT2D eigenvalue weighted by molar-refractivity contribution is -0.146. The van der Waals surface area contributed by atoms with E-state index in [1.54, 1.807) is 36.4 Å². The molecule has 2 aromatic rings. The predicted molar refractivity (Wildman–Crippen MR) is 154 cm³/mol. The fraction of sp³-hybridized carbons (Fsp3) is 0.429. The molecule has 12 nitrogen and oxygen atoms in total. The van der Waals surface area contributed by atoms with Crippen molar-refractivity contribution in [2.45, 2.75) is 58.9 Å². The van der Waals surface area contributed by atoms with Crippen molar-refractivity contribution >= 4 is 46.5 Å². The van der Waals surface area contributed by atoms with Gasteiger partial charge in [-0.05, 0) is 41.7 Å². The Morgan fingerprint density at radius 2 is 1.85 bits per heavy atom. The number of rotatable bonds is 11. The number of nitrogens with one attached hydrogen (secondary N) is 2. The predicted octanol–water partition coefficient (Wildman–Crippen LogP) is 3.93. The van der Waals surface area contributed by atoms with Crippen LogP contribution in [0.15, 0.2) is 36.4 Å². The van der Waals surface area contributed by atoms with Crippen LogP contribution in [0.2, 0.25) is 0 Å². The number of carbonyl (C=O) groups excluding carboxylic acids is 4. The van der Waals surface area contributed by atoms with Crippen LogP contribution >= 0.6 is 0 Å². The summed E-state index contributed by atoms with van der Waals surface area (Å²) in [6, 6.07) is 9.40. The lowest BCUT2D eigenvalue weighted by Crippen LogP contribution is -2.49. The molecule has 0 aliphatic carbocycles. The summed E-state index contributed by atoms with van der Waals surface area (Å²) in [5.74, 6) is -0.925. The Morgan fingerprint density at radius 3 is 2.41 bits per heavy atom. The molecule has 13 heteroatoms. The molecule has 3 rings (SSSR count). The molecule has 41 heavy (non-hydrogen) atoms. The number of hydrogen-bond acceptors (Lipinski definition) is 7. The highest BCUT2D eigenvalue weighted by Crippen LogP contribution is 2.38. The molecule has 222 valence electrons. The van der Waals surface area contributed by atoms with Gasteiger partial charge in [-0.2, -0.15) is 4.31 Å². The third kappa shape index (κ3) is 8.35. The van der Waals surface area contributed by atoms with Crippen molar-refractivity contribution in [3.8, 4) is 5.75 Å². The minimum absolute atomic E-state index is 0.0297. The SMILES string of the molecule is CCCC(=O)OCN(Cc1ccc(NC(=O)c2cc(N3CCC(=O)NC3=O)cc(C(C)(C)C)c2OC)cc1)S(=O)O. The van der Waals surface area contributed by atoms with Gasteiger partial charge in [0.25, 0.3) is 5.91 Å². The second-order valence-corrected chi connectivity index (χ2v) is 11.5. The van der Waals surface area contributed by atoms with Crippen molar-refractivity contribution in [2.24, 2.45) is 0 Å². The fourth-order valence-corrected chi connectivity index (χ4v) is 4.59. The number of ether oxygens (including phenoxy) is 2. The van der Waals surface area contributed by atoms with E-state index in [4.69, 9.17) is 9.47 Å². The molecule has 0 radical (unpaired) electrons. The molecule has 0 bridgehead atoms. The van der Waals surface area contributed by atoms with E-state index >= 15 is 0 Å². The molecule has 0 aromatic heterocycles. The highest BCUT2D eigenvalue weighted by Gasteiger charge is 2.30. The summed E-state index contributed by atoms with van der Waals surface area (Å²) in [6.07, 6.45) is 0.964. The van der Waals surface area contributed by atoms with E-state index in [0.717, 1.165) is 4.31 Å². The van der Waals surface area contributed by atoms with Gasteiger partial charge >= 0.3 is 12.0 Å². The number of anilines is 2. The van der Waals surface area contributed by atoms with E-state index in [2.05, 4.69) is 10.6 Å². The van der Waals surface area contributed by atoms with Crippen LogP contribution in [0, 0.1) is 0 Å². The Balaban J connectivity index is 1.83. The van der Waals surface area contributed by atoms with Crippen molar-refractivity contribution in [2.75, 3.05) is 30.6 Å². The number of urea groups is 1. The Hall–Kier alpha value is -3.81. The van der Waals surface area contributed by atoms with Gasteiger partial charge in [-0.15, -0.1) is 0 Å². The van der Waals surface area contributed by atoms with Crippen molar-refractivity contribution < 1.29 is 37.4 Å². The number of imide groups is 1. The normalized spacial score (nSPS) is 14.5. The van der Waals surface area contributed by atoms with Crippen LogP contribution in [-0.4, -0.2) is 57.3 Å². The number of methoxy groups -OCH3 is 1. The van der Waals surface area contributed by atoms with Gasteiger partial charge in [-0.1, -0.05) is 39.8 Å². The monoisotopic (exact) mass is 588 g/mol. The van der Waals surface area contributed by atoms with Gasteiger partial charge in [0.05, 0.1) is 12.7 Å². The Kier molecular flexibility index (Phi) is 10.6. The third-order valence-electron chi connectivity index (χ3n) is 6.31. The summed E-state index contributed by atoms with van der Waals surface area (Å²) in [7, 11) is 1.47. The first-order valence-electron chi connectivity index (χ1n) is 13.1. The molecular weight excluding hydrogens is 552 g/mol. The third-order valence-corrected chi connectivity index (χ3v) is 6.99. The van der Waals surface area contributed by atoms with Gasteiger partial charge in [0.15, 0.2) is 6.73 Å². The zero-order chi connectivity index (χ0) is 30.3. The Morgan fingerprint density at radius 1 is 1.17 bits per heavy atom. The summed E-state index contributed by atoms with van der Waals surface area (Å²) >= 11 is -2.36. The van der Waals surface area contributed by atoms with Gasteiger partial charge in [-0.3, -0.25) is 29.2 Å². The number of nitrogens with zero attached hydrogens (tertiary/aromatic N) is 2. The van der Waals surface area contributed by atoms with Crippen LogP contribution in [0.1, 0.15) is 68.4 Å². The zero-order valence-corrected chi connectivity index (χ0v) is 24.6. The molecule has 1 unspecified atom stereocenters. The summed E-state index contributed by atoms with van der Waals surface area (Å²) in [5.41, 5.74) is 2.04. The molecule has 3 N–H and O–H groups in total. The molecule has 1 saturated heterocycles. The maximum absolute atomic E-state index is 13.5. The van der Waals surface area contributed by atoms with Crippen molar-refractivity contribution in [3.05, 3.63) is 53.1 Å². The molecule has 0 spiro atoms. The standard InChI is InChI=1S/C28H36N4O8S/c1-6-7-24(34)40-17-31(41(37)38)16-18-8-10-19(11-9-18)29-26(35)21-14-20(32-13-12-23(33)30-27(32)36)15-22(25(21)39-5)28(2,3)4/h8-11,14-15H,6-7,12-13,16-17H2,1-5H3,(H,29,35)(H,37,38)(H,30,33,36). The van der Waals surface area contributed by atoms with E-state index in [9.17, 15) is 27.9 Å². The minimum atomic E-state index is -2.36. The fourth-order valence-electron chi connectivity index (χ4n) is 4.19. The summed E-state index contributed by atoms with van der Waals surface area (Å²) < 4.78 is 33.1. The van der Waals surface area contributed by atoms with Crippen LogP contribution in [0.5, 0.6) is 5.75 Å². The highest BCUT2D eigenvalue weighted by atomic mass is 32.2.